The van der Waals surface area contributed by atoms with E-state index in [1.807, 2.05) is 11.8 Å². The number of hydrogen-bond acceptors (Lipinski definition) is 3. The number of hydrogen-bond donors (Lipinski definition) is 1. The van der Waals surface area contributed by atoms with Crippen LogP contribution in [0.25, 0.3) is 0 Å². The first-order chi connectivity index (χ1) is 8.07. The number of alkyl halides is 3. The first-order valence-corrected chi connectivity index (χ1v) is 7.32. The molecule has 2 rings (SSSR count). The molecule has 0 saturated carbocycles. The lowest BCUT2D eigenvalue weighted by Gasteiger charge is -2.32. The normalized spacial score (nSPS) is 32.6. The van der Waals surface area contributed by atoms with Crippen LogP contribution in [0, 0.1) is 5.92 Å². The molecule has 2 saturated heterocycles. The van der Waals surface area contributed by atoms with Gasteiger partial charge < -0.3 is 5.32 Å². The number of halogens is 3. The highest BCUT2D eigenvalue weighted by Gasteiger charge is 2.44. The molecule has 0 radical (unpaired) electrons. The Kier molecular flexibility index (Phi) is 4.60. The van der Waals surface area contributed by atoms with Crippen molar-refractivity contribution >= 4 is 11.8 Å². The van der Waals surface area contributed by atoms with E-state index in [4.69, 9.17) is 0 Å². The summed E-state index contributed by atoms with van der Waals surface area (Å²) >= 11 is 1.86. The molecule has 6 heteroatoms. The second kappa shape index (κ2) is 5.80. The fraction of sp³-hybridized carbons (Fsp3) is 1.00. The van der Waals surface area contributed by atoms with E-state index < -0.39 is 12.2 Å². The van der Waals surface area contributed by atoms with Gasteiger partial charge in [-0.1, -0.05) is 0 Å². The highest BCUT2D eigenvalue weighted by molar-refractivity contribution is 7.99. The second-order valence-electron chi connectivity index (χ2n) is 4.84. The summed E-state index contributed by atoms with van der Waals surface area (Å²) in [6.45, 7) is 1.92. The Hall–Kier alpha value is 0.0600. The summed E-state index contributed by atoms with van der Waals surface area (Å²) < 4.78 is 38.9. The highest BCUT2D eigenvalue weighted by Crippen LogP contribution is 2.29. The maximum Gasteiger partial charge on any atom is 0.405 e. The van der Waals surface area contributed by atoms with Gasteiger partial charge in [-0.2, -0.15) is 24.9 Å². The summed E-state index contributed by atoms with van der Waals surface area (Å²) in [5, 5.41) is 2.89. The second-order valence-corrected chi connectivity index (χ2v) is 5.99. The minimum atomic E-state index is -4.11. The van der Waals surface area contributed by atoms with E-state index in [2.05, 4.69) is 5.32 Å². The number of nitrogens with zero attached hydrogens (tertiary/aromatic N) is 1. The molecule has 2 aliphatic heterocycles. The predicted molar refractivity (Wildman–Crippen MR) is 64.3 cm³/mol. The summed E-state index contributed by atoms with van der Waals surface area (Å²) in [4.78, 5) is 1.65. The molecule has 100 valence electrons. The van der Waals surface area contributed by atoms with E-state index in [-0.39, 0.29) is 6.54 Å². The molecule has 2 atom stereocenters. The number of thioether (sulfide) groups is 1. The van der Waals surface area contributed by atoms with Crippen LogP contribution < -0.4 is 5.32 Å². The Morgan fingerprint density at radius 2 is 2.18 bits per heavy atom. The van der Waals surface area contributed by atoms with Gasteiger partial charge in [0, 0.05) is 19.6 Å². The first-order valence-electron chi connectivity index (χ1n) is 6.16. The standard InChI is InChI=1S/C11H19F3N2S/c12-11(13,14)10-6-15-3-1-4-16(10)7-9-2-5-17-8-9/h9-10,15H,1-8H2. The van der Waals surface area contributed by atoms with Crippen LogP contribution in [0.15, 0.2) is 0 Å². The third kappa shape index (κ3) is 3.76. The average molecular weight is 268 g/mol. The van der Waals surface area contributed by atoms with Crippen LogP contribution in [-0.2, 0) is 0 Å². The van der Waals surface area contributed by atoms with Crippen LogP contribution in [0.4, 0.5) is 13.2 Å². The molecule has 2 unspecified atom stereocenters. The van der Waals surface area contributed by atoms with Crippen molar-refractivity contribution < 1.29 is 13.2 Å². The Bertz CT molecular complexity index is 241. The van der Waals surface area contributed by atoms with E-state index in [9.17, 15) is 13.2 Å². The third-order valence-corrected chi connectivity index (χ3v) is 4.70. The zero-order chi connectivity index (χ0) is 12.3. The van der Waals surface area contributed by atoms with Crippen molar-refractivity contribution in [2.24, 2.45) is 5.92 Å². The molecule has 1 N–H and O–H groups in total. The van der Waals surface area contributed by atoms with E-state index >= 15 is 0 Å². The van der Waals surface area contributed by atoms with Gasteiger partial charge in [-0.25, -0.2) is 0 Å². The molecule has 2 aliphatic rings. The summed E-state index contributed by atoms with van der Waals surface area (Å²) in [6.07, 6.45) is -2.23. The van der Waals surface area contributed by atoms with Crippen LogP contribution in [-0.4, -0.2) is 54.8 Å². The summed E-state index contributed by atoms with van der Waals surface area (Å²) in [5.41, 5.74) is 0. The van der Waals surface area contributed by atoms with Crippen molar-refractivity contribution in [3.63, 3.8) is 0 Å². The third-order valence-electron chi connectivity index (χ3n) is 3.47. The first kappa shape index (κ1) is 13.5. The Morgan fingerprint density at radius 1 is 1.35 bits per heavy atom. The van der Waals surface area contributed by atoms with Crippen LogP contribution in [0.5, 0.6) is 0 Å². The van der Waals surface area contributed by atoms with Gasteiger partial charge in [0.2, 0.25) is 0 Å². The van der Waals surface area contributed by atoms with E-state index in [0.717, 1.165) is 24.3 Å². The van der Waals surface area contributed by atoms with Crippen molar-refractivity contribution in [1.29, 1.82) is 0 Å². The molecule has 0 aliphatic carbocycles. The summed E-state index contributed by atoms with van der Waals surface area (Å²) in [5.74, 6) is 2.57. The molecular formula is C11H19F3N2S. The van der Waals surface area contributed by atoms with Crippen LogP contribution in [0.3, 0.4) is 0 Å². The maximum absolute atomic E-state index is 13.0. The van der Waals surface area contributed by atoms with Gasteiger partial charge in [-0.05, 0) is 36.8 Å². The topological polar surface area (TPSA) is 15.3 Å². The molecule has 0 aromatic rings. The van der Waals surface area contributed by atoms with Gasteiger partial charge in [0.05, 0.1) is 0 Å². The van der Waals surface area contributed by atoms with Crippen molar-refractivity contribution in [2.75, 3.05) is 37.7 Å². The van der Waals surface area contributed by atoms with E-state index in [1.165, 1.54) is 0 Å². The van der Waals surface area contributed by atoms with Gasteiger partial charge in [0.15, 0.2) is 0 Å². The van der Waals surface area contributed by atoms with Gasteiger partial charge >= 0.3 is 6.18 Å². The molecule has 0 amide bonds. The molecule has 0 bridgehead atoms. The lowest BCUT2D eigenvalue weighted by atomic mass is 10.1. The van der Waals surface area contributed by atoms with Gasteiger partial charge in [-0.3, -0.25) is 4.90 Å². The maximum atomic E-state index is 13.0. The van der Waals surface area contributed by atoms with Crippen LogP contribution in [0.1, 0.15) is 12.8 Å². The minimum absolute atomic E-state index is 0.0450. The molecular weight excluding hydrogens is 249 g/mol. The number of rotatable bonds is 2. The van der Waals surface area contributed by atoms with Crippen molar-refractivity contribution in [2.45, 2.75) is 25.1 Å². The van der Waals surface area contributed by atoms with Crippen LogP contribution in [0.2, 0.25) is 0 Å². The molecule has 0 aromatic heterocycles. The molecule has 0 aromatic carbocycles. The van der Waals surface area contributed by atoms with Crippen molar-refractivity contribution in [3.05, 3.63) is 0 Å². The molecule has 2 heterocycles. The zero-order valence-electron chi connectivity index (χ0n) is 9.80. The molecule has 0 spiro atoms. The summed E-state index contributed by atoms with van der Waals surface area (Å²) in [6, 6.07) is -1.30. The number of nitrogens with one attached hydrogen (secondary N) is 1. The van der Waals surface area contributed by atoms with Crippen molar-refractivity contribution in [1.82, 2.24) is 10.2 Å². The fourth-order valence-corrected chi connectivity index (χ4v) is 3.80. The smallest absolute Gasteiger partial charge is 0.315 e. The summed E-state index contributed by atoms with van der Waals surface area (Å²) in [7, 11) is 0. The van der Waals surface area contributed by atoms with Crippen molar-refractivity contribution in [3.8, 4) is 0 Å². The monoisotopic (exact) mass is 268 g/mol. The largest absolute Gasteiger partial charge is 0.405 e. The van der Waals surface area contributed by atoms with Gasteiger partial charge in [-0.15, -0.1) is 0 Å². The highest BCUT2D eigenvalue weighted by atomic mass is 32.2. The van der Waals surface area contributed by atoms with Gasteiger partial charge in [0.25, 0.3) is 0 Å². The minimum Gasteiger partial charge on any atom is -0.315 e. The predicted octanol–water partition coefficient (Wildman–Crippen LogP) is 1.97. The zero-order valence-corrected chi connectivity index (χ0v) is 10.6. The Balaban J connectivity index is 1.98. The lowest BCUT2D eigenvalue weighted by molar-refractivity contribution is -0.182. The van der Waals surface area contributed by atoms with E-state index in [0.29, 0.717) is 25.6 Å². The lowest BCUT2D eigenvalue weighted by Crippen LogP contribution is -2.51. The SMILES string of the molecule is FC(F)(F)C1CNCCCN1CC1CCSC1. The average Bonchev–Trinajstić information content (AvgIpc) is 2.61. The Labute approximate surface area is 104 Å². The Morgan fingerprint density at radius 3 is 2.82 bits per heavy atom. The molecule has 17 heavy (non-hydrogen) atoms. The van der Waals surface area contributed by atoms with Crippen LogP contribution >= 0.6 is 11.8 Å². The fourth-order valence-electron chi connectivity index (χ4n) is 2.53. The molecule has 2 nitrogen and oxygen atoms in total. The quantitative estimate of drug-likeness (QED) is 0.824. The van der Waals surface area contributed by atoms with Gasteiger partial charge in [0.1, 0.15) is 6.04 Å². The molecule has 2 fully saturated rings. The van der Waals surface area contributed by atoms with E-state index in [1.54, 1.807) is 4.90 Å².